The van der Waals surface area contributed by atoms with Gasteiger partial charge in [-0.25, -0.2) is 0 Å². The van der Waals surface area contributed by atoms with Gasteiger partial charge in [0, 0.05) is 12.1 Å². The Hall–Kier alpha value is -1.62. The molecule has 5 nitrogen and oxygen atoms in total. The summed E-state index contributed by atoms with van der Waals surface area (Å²) in [6.45, 7) is 1.50. The third kappa shape index (κ3) is 2.49. The van der Waals surface area contributed by atoms with Gasteiger partial charge >= 0.3 is 5.69 Å². The molecule has 1 aromatic carbocycles. The van der Waals surface area contributed by atoms with Crippen molar-refractivity contribution >= 4 is 5.69 Å². The molecule has 1 N–H and O–H groups in total. The molecule has 5 heteroatoms. The molecule has 1 aliphatic heterocycles. The van der Waals surface area contributed by atoms with Gasteiger partial charge in [-0.05, 0) is 25.5 Å². The van der Waals surface area contributed by atoms with Crippen LogP contribution in [-0.2, 0) is 0 Å². The van der Waals surface area contributed by atoms with Crippen LogP contribution in [0.2, 0.25) is 0 Å². The van der Waals surface area contributed by atoms with Crippen molar-refractivity contribution in [3.63, 3.8) is 0 Å². The minimum Gasteiger partial charge on any atom is -0.485 e. The van der Waals surface area contributed by atoms with Crippen LogP contribution in [-0.4, -0.2) is 24.1 Å². The molecule has 2 rings (SSSR count). The maximum atomic E-state index is 10.7. The van der Waals surface area contributed by atoms with E-state index < -0.39 is 4.92 Å². The monoisotopic (exact) mass is 222 g/mol. The van der Waals surface area contributed by atoms with E-state index in [4.69, 9.17) is 4.74 Å². The molecule has 0 spiro atoms. The van der Waals surface area contributed by atoms with Gasteiger partial charge in [0.05, 0.1) is 4.92 Å². The molecular weight excluding hydrogens is 208 g/mol. The van der Waals surface area contributed by atoms with Crippen molar-refractivity contribution in [1.29, 1.82) is 0 Å². The predicted octanol–water partition coefficient (Wildman–Crippen LogP) is 1.73. The first kappa shape index (κ1) is 10.9. The Labute approximate surface area is 93.6 Å². The van der Waals surface area contributed by atoms with Gasteiger partial charge in [-0.3, -0.25) is 10.1 Å². The highest BCUT2D eigenvalue weighted by atomic mass is 16.6. The molecule has 0 radical (unpaired) electrons. The fraction of sp³-hybridized carbons (Fsp3) is 0.455. The summed E-state index contributed by atoms with van der Waals surface area (Å²) in [6.07, 6.45) is 2.21. The van der Waals surface area contributed by atoms with Crippen LogP contribution in [0.4, 0.5) is 5.69 Å². The SMILES string of the molecule is O=[N+]([O-])c1ccccc1OC[C@@H]1CCCN1. The van der Waals surface area contributed by atoms with Crippen molar-refractivity contribution in [2.45, 2.75) is 18.9 Å². The minimum atomic E-state index is -0.419. The van der Waals surface area contributed by atoms with Crippen LogP contribution >= 0.6 is 0 Å². The second-order valence-electron chi connectivity index (χ2n) is 3.83. The summed E-state index contributed by atoms with van der Waals surface area (Å²) in [5, 5.41) is 14.0. The average molecular weight is 222 g/mol. The minimum absolute atomic E-state index is 0.0282. The number of para-hydroxylation sites is 2. The first-order valence-electron chi connectivity index (χ1n) is 5.37. The highest BCUT2D eigenvalue weighted by Gasteiger charge is 2.18. The Kier molecular flexibility index (Phi) is 3.36. The van der Waals surface area contributed by atoms with Gasteiger partial charge in [-0.2, -0.15) is 0 Å². The number of hydrogen-bond acceptors (Lipinski definition) is 4. The quantitative estimate of drug-likeness (QED) is 0.622. The van der Waals surface area contributed by atoms with Crippen LogP contribution in [0.25, 0.3) is 0 Å². The summed E-state index contributed by atoms with van der Waals surface area (Å²) < 4.78 is 5.48. The maximum absolute atomic E-state index is 10.7. The van der Waals surface area contributed by atoms with Gasteiger partial charge in [0.2, 0.25) is 0 Å². The molecule has 1 saturated heterocycles. The lowest BCUT2D eigenvalue weighted by Gasteiger charge is -2.11. The van der Waals surface area contributed by atoms with Crippen LogP contribution in [0.5, 0.6) is 5.75 Å². The molecule has 1 fully saturated rings. The zero-order valence-corrected chi connectivity index (χ0v) is 8.89. The largest absolute Gasteiger partial charge is 0.485 e. The Bertz CT molecular complexity index is 375. The smallest absolute Gasteiger partial charge is 0.310 e. The highest BCUT2D eigenvalue weighted by molar-refractivity contribution is 5.45. The number of rotatable bonds is 4. The fourth-order valence-electron chi connectivity index (χ4n) is 1.82. The number of hydrogen-bond donors (Lipinski definition) is 1. The molecule has 0 unspecified atom stereocenters. The lowest BCUT2D eigenvalue weighted by molar-refractivity contribution is -0.385. The van der Waals surface area contributed by atoms with Gasteiger partial charge in [0.1, 0.15) is 6.61 Å². The van der Waals surface area contributed by atoms with E-state index in [-0.39, 0.29) is 5.69 Å². The highest BCUT2D eigenvalue weighted by Crippen LogP contribution is 2.26. The summed E-state index contributed by atoms with van der Waals surface area (Å²) in [7, 11) is 0. The zero-order chi connectivity index (χ0) is 11.4. The Morgan fingerprint density at radius 2 is 2.31 bits per heavy atom. The van der Waals surface area contributed by atoms with E-state index in [1.165, 1.54) is 6.07 Å². The standard InChI is InChI=1S/C11H14N2O3/c14-13(15)10-5-1-2-6-11(10)16-8-9-4-3-7-12-9/h1-2,5-6,9,12H,3-4,7-8H2/t9-/m0/s1. The molecule has 0 aliphatic carbocycles. The van der Waals surface area contributed by atoms with Crippen molar-refractivity contribution < 1.29 is 9.66 Å². The lowest BCUT2D eigenvalue weighted by Crippen LogP contribution is -2.28. The first-order chi connectivity index (χ1) is 7.77. The van der Waals surface area contributed by atoms with Gasteiger partial charge in [-0.15, -0.1) is 0 Å². The fourth-order valence-corrected chi connectivity index (χ4v) is 1.82. The van der Waals surface area contributed by atoms with Crippen LogP contribution in [0.15, 0.2) is 24.3 Å². The topological polar surface area (TPSA) is 64.4 Å². The van der Waals surface area contributed by atoms with E-state index in [1.54, 1.807) is 18.2 Å². The van der Waals surface area contributed by atoms with E-state index in [0.717, 1.165) is 19.4 Å². The van der Waals surface area contributed by atoms with E-state index >= 15 is 0 Å². The number of nitrogens with one attached hydrogen (secondary N) is 1. The zero-order valence-electron chi connectivity index (χ0n) is 8.89. The van der Waals surface area contributed by atoms with Gasteiger partial charge in [0.25, 0.3) is 0 Å². The van der Waals surface area contributed by atoms with Crippen molar-refractivity contribution in [2.24, 2.45) is 0 Å². The van der Waals surface area contributed by atoms with Gasteiger partial charge in [0.15, 0.2) is 5.75 Å². The molecule has 1 atom stereocenters. The molecular formula is C11H14N2O3. The van der Waals surface area contributed by atoms with Crippen LogP contribution < -0.4 is 10.1 Å². The molecule has 1 aliphatic rings. The van der Waals surface area contributed by atoms with Crippen molar-refractivity contribution in [3.8, 4) is 5.75 Å². The first-order valence-corrected chi connectivity index (χ1v) is 5.37. The molecule has 0 aromatic heterocycles. The van der Waals surface area contributed by atoms with E-state index in [9.17, 15) is 10.1 Å². The summed E-state index contributed by atoms with van der Waals surface area (Å²) in [5.74, 6) is 0.348. The molecule has 0 amide bonds. The Balaban J connectivity index is 2.00. The van der Waals surface area contributed by atoms with E-state index in [0.29, 0.717) is 18.4 Å². The Morgan fingerprint density at radius 1 is 1.50 bits per heavy atom. The number of ether oxygens (including phenoxy) is 1. The molecule has 86 valence electrons. The maximum Gasteiger partial charge on any atom is 0.310 e. The molecule has 16 heavy (non-hydrogen) atoms. The van der Waals surface area contributed by atoms with Crippen molar-refractivity contribution in [1.82, 2.24) is 5.32 Å². The number of nitrogens with zero attached hydrogens (tertiary/aromatic N) is 1. The van der Waals surface area contributed by atoms with Crippen LogP contribution in [0.3, 0.4) is 0 Å². The summed E-state index contributed by atoms with van der Waals surface area (Å²) in [6, 6.07) is 6.79. The second kappa shape index (κ2) is 4.94. The lowest BCUT2D eigenvalue weighted by atomic mass is 10.2. The number of nitro groups is 1. The predicted molar refractivity (Wildman–Crippen MR) is 59.6 cm³/mol. The van der Waals surface area contributed by atoms with Crippen LogP contribution in [0, 0.1) is 10.1 Å². The van der Waals surface area contributed by atoms with E-state index in [1.807, 2.05) is 0 Å². The number of nitro benzene ring substituents is 1. The normalized spacial score (nSPS) is 19.6. The van der Waals surface area contributed by atoms with Gasteiger partial charge < -0.3 is 10.1 Å². The molecule has 1 heterocycles. The van der Waals surface area contributed by atoms with E-state index in [2.05, 4.69) is 5.32 Å². The average Bonchev–Trinajstić information content (AvgIpc) is 2.79. The molecule has 0 bridgehead atoms. The Morgan fingerprint density at radius 3 is 3.00 bits per heavy atom. The summed E-state index contributed by atoms with van der Waals surface area (Å²) in [4.78, 5) is 10.3. The molecule has 1 aromatic rings. The van der Waals surface area contributed by atoms with Crippen LogP contribution in [0.1, 0.15) is 12.8 Å². The summed E-state index contributed by atoms with van der Waals surface area (Å²) in [5.41, 5.74) is 0.0282. The molecule has 0 saturated carbocycles. The third-order valence-corrected chi connectivity index (χ3v) is 2.66. The van der Waals surface area contributed by atoms with Crippen molar-refractivity contribution in [3.05, 3.63) is 34.4 Å². The van der Waals surface area contributed by atoms with Crippen molar-refractivity contribution in [2.75, 3.05) is 13.2 Å². The second-order valence-corrected chi connectivity index (χ2v) is 3.83. The van der Waals surface area contributed by atoms with Gasteiger partial charge in [-0.1, -0.05) is 12.1 Å². The summed E-state index contributed by atoms with van der Waals surface area (Å²) >= 11 is 0. The number of benzene rings is 1. The third-order valence-electron chi connectivity index (χ3n) is 2.66.